The maximum atomic E-state index is 12.1. The van der Waals surface area contributed by atoms with Gasteiger partial charge in [-0.05, 0) is 6.42 Å². The number of hydrogen-bond donors (Lipinski definition) is 7. The Morgan fingerprint density at radius 2 is 0.919 bits per heavy atom. The summed E-state index contributed by atoms with van der Waals surface area (Å²) in [5.41, 5.74) is -0.574. The number of nitrogens with two attached hydrogens (primary N) is 1. The number of esters is 2. The maximum absolute atomic E-state index is 12.1. The van der Waals surface area contributed by atoms with E-state index in [1.807, 2.05) is 0 Å². The number of carbonyl (C=O) groups is 8. The standard InChI is InChI=1S/C17H21NO16.ClH.2Na.2H/c18-7(13(28)34-17(15(31)32,5-10(23)24)6-11(25)26)1-2-12(27)33-16(14(29)30,3-8(19)20)4-9(21)22;;;;;/h7H,1-6,18H2,(H,19,20)(H,21,22)(H,23,24)(H,25,26)(H,29,30)(H,31,32);1H;;;;/t7-;;;;;/m0...../s1. The van der Waals surface area contributed by atoms with Gasteiger partial charge in [-0.15, -0.1) is 12.4 Å². The summed E-state index contributed by atoms with van der Waals surface area (Å²) >= 11 is 0. The van der Waals surface area contributed by atoms with Crippen molar-refractivity contribution in [1.29, 1.82) is 0 Å². The van der Waals surface area contributed by atoms with Crippen molar-refractivity contribution in [2.45, 2.75) is 55.8 Å². The van der Waals surface area contributed by atoms with Crippen LogP contribution in [0.25, 0.3) is 0 Å². The molecule has 0 bridgehead atoms. The molecule has 0 aromatic carbocycles. The summed E-state index contributed by atoms with van der Waals surface area (Å²) in [5, 5.41) is 53.8. The first-order valence-electron chi connectivity index (χ1n) is 9.00. The minimum atomic E-state index is -3.03. The Morgan fingerprint density at radius 3 is 1.19 bits per heavy atom. The monoisotopic (exact) mass is 579 g/mol. The van der Waals surface area contributed by atoms with Crippen LogP contribution in [0.2, 0.25) is 0 Å². The van der Waals surface area contributed by atoms with E-state index >= 15 is 0 Å². The number of carboxylic acid groups (broad SMARTS) is 6. The quantitative estimate of drug-likeness (QED) is 0.0700. The summed E-state index contributed by atoms with van der Waals surface area (Å²) in [5.74, 6) is -14.6. The van der Waals surface area contributed by atoms with Gasteiger partial charge in [0.2, 0.25) is 11.2 Å². The molecule has 1 atom stereocenters. The number of carboxylic acids is 6. The fraction of sp³-hybridized carbons (Fsp3) is 0.529. The third kappa shape index (κ3) is 14.5. The van der Waals surface area contributed by atoms with E-state index in [9.17, 15) is 48.6 Å². The first-order chi connectivity index (χ1) is 15.5. The van der Waals surface area contributed by atoms with E-state index in [0.717, 1.165) is 0 Å². The average molecular weight is 580 g/mol. The van der Waals surface area contributed by atoms with Gasteiger partial charge in [0, 0.05) is 6.42 Å². The van der Waals surface area contributed by atoms with Gasteiger partial charge in [0.25, 0.3) is 0 Å². The predicted molar refractivity (Wildman–Crippen MR) is 121 cm³/mol. The van der Waals surface area contributed by atoms with E-state index < -0.39 is 104 Å². The Bertz CT molecular complexity index is 863. The van der Waals surface area contributed by atoms with Crippen molar-refractivity contribution in [2.75, 3.05) is 0 Å². The van der Waals surface area contributed by atoms with Crippen LogP contribution in [0.4, 0.5) is 0 Å². The van der Waals surface area contributed by atoms with Crippen molar-refractivity contribution in [3.63, 3.8) is 0 Å². The van der Waals surface area contributed by atoms with E-state index in [0.29, 0.717) is 0 Å². The first kappa shape index (κ1) is 42.1. The second-order valence-electron chi connectivity index (χ2n) is 6.92. The van der Waals surface area contributed by atoms with Gasteiger partial charge >= 0.3 is 107 Å². The molecule has 0 saturated heterocycles. The van der Waals surface area contributed by atoms with Gasteiger partial charge in [-0.2, -0.15) is 0 Å². The van der Waals surface area contributed by atoms with E-state index in [1.165, 1.54) is 0 Å². The SMILES string of the molecule is Cl.N[C@@H](CCC(=O)OC(CC(=O)O)(CC(=O)O)C(=O)O)C(=O)OC(CC(=O)O)(CC(=O)O)C(=O)O.[NaH].[NaH]. The molecule has 0 spiro atoms. The molecule has 0 aliphatic carbocycles. The van der Waals surface area contributed by atoms with Crippen LogP contribution in [0.1, 0.15) is 38.5 Å². The zero-order valence-corrected chi connectivity index (χ0v) is 18.4. The molecule has 0 aromatic heterocycles. The van der Waals surface area contributed by atoms with E-state index in [4.69, 9.17) is 26.2 Å². The molecule has 0 amide bonds. The molecule has 0 unspecified atom stereocenters. The third-order valence-corrected chi connectivity index (χ3v) is 4.09. The van der Waals surface area contributed by atoms with Crippen LogP contribution >= 0.6 is 12.4 Å². The van der Waals surface area contributed by atoms with Gasteiger partial charge < -0.3 is 45.8 Å². The van der Waals surface area contributed by atoms with Crippen molar-refractivity contribution in [3.05, 3.63) is 0 Å². The van der Waals surface area contributed by atoms with Crippen molar-refractivity contribution in [2.24, 2.45) is 5.73 Å². The number of halogens is 1. The summed E-state index contributed by atoms with van der Waals surface area (Å²) in [4.78, 5) is 90.7. The van der Waals surface area contributed by atoms with E-state index in [-0.39, 0.29) is 71.5 Å². The average Bonchev–Trinajstić information content (AvgIpc) is 2.63. The number of carbonyl (C=O) groups excluding carboxylic acids is 2. The third-order valence-electron chi connectivity index (χ3n) is 4.09. The summed E-state index contributed by atoms with van der Waals surface area (Å²) < 4.78 is 9.07. The predicted octanol–water partition coefficient (Wildman–Crippen LogP) is -3.15. The molecule has 17 nitrogen and oxygen atoms in total. The van der Waals surface area contributed by atoms with Gasteiger partial charge in [-0.3, -0.25) is 28.8 Å². The molecule has 0 heterocycles. The fourth-order valence-electron chi connectivity index (χ4n) is 2.56. The second-order valence-corrected chi connectivity index (χ2v) is 6.92. The number of hydrogen-bond acceptors (Lipinski definition) is 11. The van der Waals surface area contributed by atoms with Crippen molar-refractivity contribution < 1.29 is 78.5 Å². The van der Waals surface area contributed by atoms with Crippen molar-refractivity contribution >= 4 is 119 Å². The van der Waals surface area contributed by atoms with Crippen LogP contribution in [0.5, 0.6) is 0 Å². The van der Waals surface area contributed by atoms with Crippen molar-refractivity contribution in [3.8, 4) is 0 Å². The van der Waals surface area contributed by atoms with Crippen LogP contribution in [-0.2, 0) is 47.8 Å². The molecule has 20 heteroatoms. The normalized spacial score (nSPS) is 11.2. The molecule has 0 rings (SSSR count). The molecule has 0 radical (unpaired) electrons. The zero-order chi connectivity index (χ0) is 26.9. The second kappa shape index (κ2) is 18.3. The number of rotatable bonds is 16. The van der Waals surface area contributed by atoms with E-state index in [2.05, 4.69) is 9.47 Å². The molecule has 8 N–H and O–H groups in total. The molecular formula is C17H24ClNNa2O16. The molecule has 0 aromatic rings. The number of ether oxygens (including phenoxy) is 2. The first-order valence-corrected chi connectivity index (χ1v) is 9.00. The molecule has 202 valence electrons. The minimum absolute atomic E-state index is 0. The molecule has 0 aliphatic heterocycles. The molecule has 0 aliphatic rings. The number of aliphatic carboxylic acids is 6. The molecular weight excluding hydrogens is 556 g/mol. The Labute approximate surface area is 257 Å². The van der Waals surface area contributed by atoms with E-state index in [1.54, 1.807) is 0 Å². The van der Waals surface area contributed by atoms with Gasteiger partial charge in [-0.25, -0.2) is 9.59 Å². The Kier molecular flexibility index (Phi) is 20.8. The Morgan fingerprint density at radius 1 is 0.622 bits per heavy atom. The summed E-state index contributed by atoms with van der Waals surface area (Å²) in [7, 11) is 0. The van der Waals surface area contributed by atoms with Gasteiger partial charge in [0.1, 0.15) is 6.04 Å². The fourth-order valence-corrected chi connectivity index (χ4v) is 2.56. The van der Waals surface area contributed by atoms with Crippen LogP contribution < -0.4 is 5.73 Å². The van der Waals surface area contributed by atoms with Crippen LogP contribution in [0, 0.1) is 0 Å². The van der Waals surface area contributed by atoms with Gasteiger partial charge in [0.05, 0.1) is 25.7 Å². The molecule has 0 saturated carbocycles. The molecule has 37 heavy (non-hydrogen) atoms. The summed E-state index contributed by atoms with van der Waals surface area (Å²) in [6, 6.07) is -1.87. The zero-order valence-electron chi connectivity index (χ0n) is 17.6. The summed E-state index contributed by atoms with van der Waals surface area (Å²) in [6.07, 6.45) is -7.38. The van der Waals surface area contributed by atoms with Crippen LogP contribution in [0.15, 0.2) is 0 Å². The molecule has 0 fully saturated rings. The van der Waals surface area contributed by atoms with Crippen LogP contribution in [-0.4, -0.2) is 155 Å². The van der Waals surface area contributed by atoms with Crippen molar-refractivity contribution in [1.82, 2.24) is 0 Å². The summed E-state index contributed by atoms with van der Waals surface area (Å²) in [6.45, 7) is 0. The Hall–Kier alpha value is -1.99. The van der Waals surface area contributed by atoms with Gasteiger partial charge in [0.15, 0.2) is 0 Å². The van der Waals surface area contributed by atoms with Gasteiger partial charge in [-0.1, -0.05) is 0 Å². The topological polar surface area (TPSA) is 302 Å². The Balaban J connectivity index is -0.00000181. The van der Waals surface area contributed by atoms with Crippen LogP contribution in [0.3, 0.4) is 0 Å².